The Labute approximate surface area is 132 Å². The lowest BCUT2D eigenvalue weighted by atomic mass is 9.98. The maximum atomic E-state index is 9.55. The topological polar surface area (TPSA) is 103 Å². The summed E-state index contributed by atoms with van der Waals surface area (Å²) < 4.78 is 0. The molecule has 6 nitrogen and oxygen atoms in total. The van der Waals surface area contributed by atoms with Crippen LogP contribution in [0.1, 0.15) is 29.2 Å². The van der Waals surface area contributed by atoms with Crippen molar-refractivity contribution in [2.24, 2.45) is 0 Å². The fraction of sp³-hybridized carbons (Fsp3) is 0.235. The minimum Gasteiger partial charge on any atom is -0.478 e. The molecule has 2 unspecified atom stereocenters. The first kappa shape index (κ1) is 15.0. The van der Waals surface area contributed by atoms with Crippen LogP contribution in [0.15, 0.2) is 48.9 Å². The van der Waals surface area contributed by atoms with E-state index in [2.05, 4.69) is 34.2 Å². The van der Waals surface area contributed by atoms with Crippen molar-refractivity contribution in [1.82, 2.24) is 9.97 Å². The molecule has 2 atom stereocenters. The van der Waals surface area contributed by atoms with Gasteiger partial charge in [-0.3, -0.25) is 0 Å². The SMILES string of the molecule is O=C(O)/C=C/C(=O)O.c1ccc2c(c1)CC1(c3cnc[nH]3)CC21. The van der Waals surface area contributed by atoms with Gasteiger partial charge in [0.25, 0.3) is 0 Å². The second-order valence-corrected chi connectivity index (χ2v) is 5.76. The third kappa shape index (κ3) is 2.88. The van der Waals surface area contributed by atoms with Crippen LogP contribution in [0.2, 0.25) is 0 Å². The highest BCUT2D eigenvalue weighted by Crippen LogP contribution is 2.66. The molecule has 118 valence electrons. The molecule has 1 fully saturated rings. The van der Waals surface area contributed by atoms with Crippen molar-refractivity contribution >= 4 is 11.9 Å². The maximum Gasteiger partial charge on any atom is 0.328 e. The average molecular weight is 312 g/mol. The van der Waals surface area contributed by atoms with E-state index < -0.39 is 11.9 Å². The van der Waals surface area contributed by atoms with E-state index in [0.717, 1.165) is 5.92 Å². The molecule has 1 aromatic heterocycles. The summed E-state index contributed by atoms with van der Waals surface area (Å²) in [5, 5.41) is 15.6. The molecule has 0 aliphatic heterocycles. The van der Waals surface area contributed by atoms with Crippen LogP contribution in [0.5, 0.6) is 0 Å². The van der Waals surface area contributed by atoms with E-state index in [9.17, 15) is 9.59 Å². The number of carbonyl (C=O) groups is 2. The first-order valence-corrected chi connectivity index (χ1v) is 7.23. The summed E-state index contributed by atoms with van der Waals surface area (Å²) in [6.07, 6.45) is 7.39. The van der Waals surface area contributed by atoms with E-state index in [4.69, 9.17) is 10.2 Å². The molecule has 6 heteroatoms. The molecular formula is C17H16N2O4. The molecule has 0 saturated heterocycles. The van der Waals surface area contributed by atoms with E-state index in [1.54, 1.807) is 11.9 Å². The standard InChI is InChI=1S/C13H12N2.C4H4O4/c1-2-4-10-9(3-1)5-13(6-11(10)13)12-7-14-8-15-12;5-3(6)1-2-4(7)8/h1-4,7-8,11H,5-6H2,(H,14,15);1-2H,(H,5,6)(H,7,8)/b;2-1+. The highest BCUT2D eigenvalue weighted by molar-refractivity contribution is 5.89. The van der Waals surface area contributed by atoms with Crippen molar-refractivity contribution < 1.29 is 19.8 Å². The van der Waals surface area contributed by atoms with Crippen molar-refractivity contribution in [2.75, 3.05) is 0 Å². The highest BCUT2D eigenvalue weighted by atomic mass is 16.4. The molecule has 0 spiro atoms. The van der Waals surface area contributed by atoms with Crippen molar-refractivity contribution in [3.8, 4) is 0 Å². The third-order valence-electron chi connectivity index (χ3n) is 4.41. The number of H-pyrrole nitrogens is 1. The largest absolute Gasteiger partial charge is 0.478 e. The molecule has 1 heterocycles. The Morgan fingerprint density at radius 2 is 1.91 bits per heavy atom. The van der Waals surface area contributed by atoms with Crippen LogP contribution in [0.25, 0.3) is 0 Å². The number of carboxylic acids is 2. The summed E-state index contributed by atoms with van der Waals surface area (Å²) in [6.45, 7) is 0. The number of carboxylic acid groups (broad SMARTS) is 2. The van der Waals surface area contributed by atoms with Crippen molar-refractivity contribution in [3.63, 3.8) is 0 Å². The third-order valence-corrected chi connectivity index (χ3v) is 4.41. The number of nitrogens with zero attached hydrogens (tertiary/aromatic N) is 1. The van der Waals surface area contributed by atoms with Crippen LogP contribution in [0, 0.1) is 0 Å². The maximum absolute atomic E-state index is 9.55. The van der Waals surface area contributed by atoms with Gasteiger partial charge in [-0.1, -0.05) is 24.3 Å². The zero-order valence-electron chi connectivity index (χ0n) is 12.3. The van der Waals surface area contributed by atoms with Crippen LogP contribution < -0.4 is 0 Å². The fourth-order valence-corrected chi connectivity index (χ4v) is 3.35. The van der Waals surface area contributed by atoms with Crippen molar-refractivity contribution in [1.29, 1.82) is 0 Å². The van der Waals surface area contributed by atoms with E-state index in [1.807, 2.05) is 6.20 Å². The van der Waals surface area contributed by atoms with Crippen molar-refractivity contribution in [2.45, 2.75) is 24.2 Å². The smallest absolute Gasteiger partial charge is 0.328 e. The van der Waals surface area contributed by atoms with Crippen LogP contribution in [-0.2, 0) is 21.4 Å². The molecule has 0 bridgehead atoms. The van der Waals surface area contributed by atoms with Crippen LogP contribution in [0.3, 0.4) is 0 Å². The van der Waals surface area contributed by atoms with Crippen LogP contribution in [0.4, 0.5) is 0 Å². The van der Waals surface area contributed by atoms with Gasteiger partial charge in [0.05, 0.1) is 6.33 Å². The molecule has 4 rings (SSSR count). The number of aromatic amines is 1. The number of hydrogen-bond donors (Lipinski definition) is 3. The summed E-state index contributed by atoms with van der Waals surface area (Å²) in [5.74, 6) is -1.77. The number of aliphatic carboxylic acids is 2. The van der Waals surface area contributed by atoms with Gasteiger partial charge in [0.15, 0.2) is 0 Å². The Bertz CT molecular complexity index is 751. The summed E-state index contributed by atoms with van der Waals surface area (Å²) in [6, 6.07) is 8.84. The second kappa shape index (κ2) is 5.72. The molecule has 0 amide bonds. The summed E-state index contributed by atoms with van der Waals surface area (Å²) in [5.41, 5.74) is 4.79. The zero-order chi connectivity index (χ0) is 16.4. The van der Waals surface area contributed by atoms with Gasteiger partial charge < -0.3 is 15.2 Å². The van der Waals surface area contributed by atoms with Crippen LogP contribution in [-0.4, -0.2) is 32.1 Å². The minimum atomic E-state index is -1.26. The number of imidazole rings is 1. The quantitative estimate of drug-likeness (QED) is 0.753. The Morgan fingerprint density at radius 1 is 1.22 bits per heavy atom. The van der Waals surface area contributed by atoms with Gasteiger partial charge in [-0.25, -0.2) is 14.6 Å². The number of rotatable bonds is 3. The first-order valence-electron chi connectivity index (χ1n) is 7.23. The van der Waals surface area contributed by atoms with Gasteiger partial charge >= 0.3 is 11.9 Å². The normalized spacial score (nSPS) is 23.6. The van der Waals surface area contributed by atoms with Gasteiger partial charge in [-0.2, -0.15) is 0 Å². The number of nitrogens with one attached hydrogen (secondary N) is 1. The highest BCUT2D eigenvalue weighted by Gasteiger charge is 2.61. The Balaban J connectivity index is 0.000000170. The summed E-state index contributed by atoms with van der Waals surface area (Å²) in [4.78, 5) is 26.5. The van der Waals surface area contributed by atoms with Crippen LogP contribution >= 0.6 is 0 Å². The van der Waals surface area contributed by atoms with E-state index in [0.29, 0.717) is 17.6 Å². The van der Waals surface area contributed by atoms with Gasteiger partial charge in [0.2, 0.25) is 0 Å². The Hall–Kier alpha value is -2.89. The lowest BCUT2D eigenvalue weighted by Crippen LogP contribution is -2.08. The molecule has 1 saturated carbocycles. The molecule has 2 aliphatic carbocycles. The van der Waals surface area contributed by atoms with Gasteiger partial charge in [-0.15, -0.1) is 0 Å². The molecule has 0 radical (unpaired) electrons. The van der Waals surface area contributed by atoms with Gasteiger partial charge in [0.1, 0.15) is 0 Å². The molecule has 2 aromatic rings. The molecule has 3 N–H and O–H groups in total. The molecule has 1 aromatic carbocycles. The number of fused-ring (bicyclic) bond motifs is 3. The van der Waals surface area contributed by atoms with Gasteiger partial charge in [0, 0.05) is 29.5 Å². The minimum absolute atomic E-state index is 0.375. The predicted octanol–water partition coefficient (Wildman–Crippen LogP) is 2.10. The second-order valence-electron chi connectivity index (χ2n) is 5.76. The van der Waals surface area contributed by atoms with E-state index >= 15 is 0 Å². The van der Waals surface area contributed by atoms with Crippen molar-refractivity contribution in [3.05, 3.63) is 65.8 Å². The molecule has 23 heavy (non-hydrogen) atoms. The predicted molar refractivity (Wildman–Crippen MR) is 82.2 cm³/mol. The lowest BCUT2D eigenvalue weighted by Gasteiger charge is -2.08. The molecule has 2 aliphatic rings. The number of aromatic nitrogens is 2. The van der Waals surface area contributed by atoms with E-state index in [-0.39, 0.29) is 0 Å². The fourth-order valence-electron chi connectivity index (χ4n) is 3.35. The number of benzene rings is 1. The van der Waals surface area contributed by atoms with E-state index in [1.165, 1.54) is 24.1 Å². The monoisotopic (exact) mass is 312 g/mol. The average Bonchev–Trinajstić information content (AvgIpc) is 2.92. The Kier molecular flexibility index (Phi) is 3.73. The van der Waals surface area contributed by atoms with Gasteiger partial charge in [-0.05, 0) is 29.9 Å². The lowest BCUT2D eigenvalue weighted by molar-refractivity contribution is -0.134. The molecular weight excluding hydrogens is 296 g/mol. The zero-order valence-corrected chi connectivity index (χ0v) is 12.3. The Morgan fingerprint density at radius 3 is 2.48 bits per heavy atom. The number of hydrogen-bond acceptors (Lipinski definition) is 3. The summed E-state index contributed by atoms with van der Waals surface area (Å²) >= 11 is 0. The summed E-state index contributed by atoms with van der Waals surface area (Å²) in [7, 11) is 0. The first-order chi connectivity index (χ1) is 11.0.